The molecule has 0 heterocycles. The first-order valence-electron chi connectivity index (χ1n) is 12.5. The Morgan fingerprint density at radius 1 is 0.947 bits per heavy atom. The van der Waals surface area contributed by atoms with Gasteiger partial charge in [0, 0.05) is 17.6 Å². The van der Waals surface area contributed by atoms with Gasteiger partial charge in [-0.3, -0.25) is 13.9 Å². The number of nitrogens with zero attached hydrogens (tertiary/aromatic N) is 2. The maximum atomic E-state index is 13.9. The van der Waals surface area contributed by atoms with Gasteiger partial charge in [-0.05, 0) is 62.6 Å². The molecule has 2 amide bonds. The maximum Gasteiger partial charge on any atom is 0.264 e. The highest BCUT2D eigenvalue weighted by Gasteiger charge is 2.32. The zero-order valence-corrected chi connectivity index (χ0v) is 23.7. The van der Waals surface area contributed by atoms with Crippen LogP contribution in [0.25, 0.3) is 0 Å². The Morgan fingerprint density at radius 3 is 2.13 bits per heavy atom. The summed E-state index contributed by atoms with van der Waals surface area (Å²) >= 11 is 6.34. The van der Waals surface area contributed by atoms with Gasteiger partial charge in [-0.2, -0.15) is 0 Å². The van der Waals surface area contributed by atoms with Crippen LogP contribution in [0.15, 0.2) is 83.8 Å². The SMILES string of the molecule is CCC(C)NC(=O)C(C)N(Cc1ccccc1)C(=O)CN(c1ccc(C)c(Cl)c1)S(=O)(=O)c1ccccc1. The van der Waals surface area contributed by atoms with Crippen molar-refractivity contribution < 1.29 is 18.0 Å². The molecule has 3 aromatic carbocycles. The van der Waals surface area contributed by atoms with Crippen LogP contribution in [0.1, 0.15) is 38.3 Å². The molecule has 9 heteroatoms. The molecular formula is C29H34ClN3O4S. The van der Waals surface area contributed by atoms with E-state index in [1.807, 2.05) is 51.1 Å². The molecule has 202 valence electrons. The van der Waals surface area contributed by atoms with E-state index in [1.165, 1.54) is 23.1 Å². The number of anilines is 1. The number of aryl methyl sites for hydroxylation is 1. The Bertz CT molecular complexity index is 1350. The first-order valence-corrected chi connectivity index (χ1v) is 14.3. The summed E-state index contributed by atoms with van der Waals surface area (Å²) in [6.07, 6.45) is 0.738. The second-order valence-corrected chi connectivity index (χ2v) is 11.5. The topological polar surface area (TPSA) is 86.8 Å². The lowest BCUT2D eigenvalue weighted by Gasteiger charge is -2.32. The molecule has 0 saturated carbocycles. The van der Waals surface area contributed by atoms with E-state index in [1.54, 1.807) is 37.3 Å². The van der Waals surface area contributed by atoms with Crippen LogP contribution in [-0.4, -0.2) is 43.8 Å². The second kappa shape index (κ2) is 12.9. The number of carbonyl (C=O) groups is 2. The summed E-state index contributed by atoms with van der Waals surface area (Å²) in [5.41, 5.74) is 1.86. The Balaban J connectivity index is 2.02. The molecule has 0 aromatic heterocycles. The van der Waals surface area contributed by atoms with Crippen molar-refractivity contribution in [2.45, 2.75) is 57.6 Å². The van der Waals surface area contributed by atoms with Crippen molar-refractivity contribution in [3.05, 3.63) is 95.0 Å². The van der Waals surface area contributed by atoms with Crippen molar-refractivity contribution in [3.8, 4) is 0 Å². The van der Waals surface area contributed by atoms with Crippen LogP contribution in [0.3, 0.4) is 0 Å². The number of benzene rings is 3. The lowest BCUT2D eigenvalue weighted by molar-refractivity contribution is -0.139. The Hall–Kier alpha value is -3.36. The molecule has 0 aliphatic rings. The van der Waals surface area contributed by atoms with Gasteiger partial charge in [0.25, 0.3) is 10.0 Å². The van der Waals surface area contributed by atoms with E-state index < -0.39 is 28.5 Å². The Kier molecular flexibility index (Phi) is 9.94. The van der Waals surface area contributed by atoms with Crippen LogP contribution in [-0.2, 0) is 26.2 Å². The van der Waals surface area contributed by atoms with Gasteiger partial charge in [-0.25, -0.2) is 8.42 Å². The summed E-state index contributed by atoms with van der Waals surface area (Å²) in [5.74, 6) is -0.823. The molecule has 3 aromatic rings. The van der Waals surface area contributed by atoms with E-state index in [-0.39, 0.29) is 29.1 Å². The molecule has 0 spiro atoms. The zero-order chi connectivity index (χ0) is 27.9. The Labute approximate surface area is 230 Å². The minimum Gasteiger partial charge on any atom is -0.352 e. The van der Waals surface area contributed by atoms with E-state index >= 15 is 0 Å². The third kappa shape index (κ3) is 7.14. The molecule has 0 aliphatic heterocycles. The second-order valence-electron chi connectivity index (χ2n) is 9.26. The van der Waals surface area contributed by atoms with Crippen molar-refractivity contribution in [1.82, 2.24) is 10.2 Å². The standard InChI is InChI=1S/C29H34ClN3O4S/c1-5-22(3)31-29(35)23(4)32(19-24-12-8-6-9-13-24)28(34)20-33(25-17-16-21(2)27(30)18-25)38(36,37)26-14-10-7-11-15-26/h6-18,22-23H,5,19-20H2,1-4H3,(H,31,35). The highest BCUT2D eigenvalue weighted by molar-refractivity contribution is 7.92. The molecule has 0 fully saturated rings. The summed E-state index contributed by atoms with van der Waals surface area (Å²) in [5, 5.41) is 3.30. The number of hydrogen-bond donors (Lipinski definition) is 1. The molecule has 0 saturated heterocycles. The average molecular weight is 556 g/mol. The van der Waals surface area contributed by atoms with Gasteiger partial charge in [0.1, 0.15) is 12.6 Å². The molecule has 2 atom stereocenters. The van der Waals surface area contributed by atoms with Gasteiger partial charge >= 0.3 is 0 Å². The van der Waals surface area contributed by atoms with E-state index in [0.29, 0.717) is 5.02 Å². The highest BCUT2D eigenvalue weighted by Crippen LogP contribution is 2.28. The fourth-order valence-electron chi connectivity index (χ4n) is 3.81. The van der Waals surface area contributed by atoms with Crippen molar-refractivity contribution in [1.29, 1.82) is 0 Å². The normalized spacial score (nSPS) is 12.9. The van der Waals surface area contributed by atoms with Crippen LogP contribution in [0, 0.1) is 6.92 Å². The molecule has 0 bridgehead atoms. The number of hydrogen-bond acceptors (Lipinski definition) is 4. The smallest absolute Gasteiger partial charge is 0.264 e. The molecule has 3 rings (SSSR count). The molecular weight excluding hydrogens is 522 g/mol. The van der Waals surface area contributed by atoms with Crippen molar-refractivity contribution in [2.24, 2.45) is 0 Å². The molecule has 2 unspecified atom stereocenters. The van der Waals surface area contributed by atoms with Crippen molar-refractivity contribution in [3.63, 3.8) is 0 Å². The largest absolute Gasteiger partial charge is 0.352 e. The molecule has 38 heavy (non-hydrogen) atoms. The van der Waals surface area contributed by atoms with Gasteiger partial charge in [0.2, 0.25) is 11.8 Å². The van der Waals surface area contributed by atoms with E-state index in [0.717, 1.165) is 21.9 Å². The van der Waals surface area contributed by atoms with Gasteiger partial charge in [0.05, 0.1) is 10.6 Å². The van der Waals surface area contributed by atoms with Crippen LogP contribution < -0.4 is 9.62 Å². The molecule has 7 nitrogen and oxygen atoms in total. The number of carbonyl (C=O) groups excluding carboxylic acids is 2. The number of halogens is 1. The molecule has 1 N–H and O–H groups in total. The van der Waals surface area contributed by atoms with Crippen molar-refractivity contribution >= 4 is 39.1 Å². The minimum atomic E-state index is -4.13. The van der Waals surface area contributed by atoms with Crippen LogP contribution in [0.4, 0.5) is 5.69 Å². The highest BCUT2D eigenvalue weighted by atomic mass is 35.5. The summed E-state index contributed by atoms with van der Waals surface area (Å²) in [4.78, 5) is 28.4. The van der Waals surface area contributed by atoms with Gasteiger partial charge in [-0.15, -0.1) is 0 Å². The zero-order valence-electron chi connectivity index (χ0n) is 22.1. The average Bonchev–Trinajstić information content (AvgIpc) is 2.92. The van der Waals surface area contributed by atoms with E-state index in [2.05, 4.69) is 5.32 Å². The third-order valence-corrected chi connectivity index (χ3v) is 8.61. The quantitative estimate of drug-likeness (QED) is 0.353. The lowest BCUT2D eigenvalue weighted by atomic mass is 10.1. The van der Waals surface area contributed by atoms with Crippen LogP contribution in [0.2, 0.25) is 5.02 Å². The van der Waals surface area contributed by atoms with Gasteiger partial charge < -0.3 is 10.2 Å². The van der Waals surface area contributed by atoms with Crippen molar-refractivity contribution in [2.75, 3.05) is 10.8 Å². The number of nitrogens with one attached hydrogen (secondary N) is 1. The minimum absolute atomic E-state index is 0.0432. The maximum absolute atomic E-state index is 13.9. The number of sulfonamides is 1. The van der Waals surface area contributed by atoms with Gasteiger partial charge in [0.15, 0.2) is 0 Å². The number of amides is 2. The fourth-order valence-corrected chi connectivity index (χ4v) is 5.42. The summed E-state index contributed by atoms with van der Waals surface area (Å²) < 4.78 is 28.6. The van der Waals surface area contributed by atoms with Crippen LogP contribution >= 0.6 is 11.6 Å². The van der Waals surface area contributed by atoms with Gasteiger partial charge in [-0.1, -0.05) is 73.1 Å². The summed E-state index contributed by atoms with van der Waals surface area (Å²) in [7, 11) is -4.13. The predicted molar refractivity (Wildman–Crippen MR) is 152 cm³/mol. The van der Waals surface area contributed by atoms with E-state index in [9.17, 15) is 18.0 Å². The lowest BCUT2D eigenvalue weighted by Crippen LogP contribution is -2.52. The first-order chi connectivity index (χ1) is 18.0. The molecule has 0 radical (unpaired) electrons. The third-order valence-electron chi connectivity index (χ3n) is 6.42. The summed E-state index contributed by atoms with van der Waals surface area (Å²) in [6, 6.07) is 21.2. The predicted octanol–water partition coefficient (Wildman–Crippen LogP) is 5.18. The monoisotopic (exact) mass is 555 g/mol. The number of rotatable bonds is 11. The first kappa shape index (κ1) is 29.2. The van der Waals surface area contributed by atoms with Crippen LogP contribution in [0.5, 0.6) is 0 Å². The molecule has 0 aliphatic carbocycles. The van der Waals surface area contributed by atoms with E-state index in [4.69, 9.17) is 11.6 Å². The summed E-state index contributed by atoms with van der Waals surface area (Å²) in [6.45, 7) is 6.95. The Morgan fingerprint density at radius 2 is 1.55 bits per heavy atom. The fraction of sp³-hybridized carbons (Fsp3) is 0.310.